The molecule has 2 aromatic rings. The Balaban J connectivity index is 1.77. The highest BCUT2D eigenvalue weighted by Crippen LogP contribution is 2.32. The molecular weight excluding hydrogens is 380 g/mol. The van der Waals surface area contributed by atoms with Crippen molar-refractivity contribution >= 4 is 17.5 Å². The first-order valence-corrected chi connectivity index (χ1v) is 10.5. The van der Waals surface area contributed by atoms with Crippen LogP contribution in [0.1, 0.15) is 50.1 Å². The van der Waals surface area contributed by atoms with Crippen molar-refractivity contribution in [3.8, 4) is 0 Å². The van der Waals surface area contributed by atoms with Gasteiger partial charge in [-0.2, -0.15) is 5.10 Å². The summed E-state index contributed by atoms with van der Waals surface area (Å²) in [5, 5.41) is 9.09. The summed E-state index contributed by atoms with van der Waals surface area (Å²) >= 11 is 0. The number of benzene rings is 1. The molecule has 2 N–H and O–H groups in total. The van der Waals surface area contributed by atoms with Crippen LogP contribution in [0.4, 0.5) is 0 Å². The van der Waals surface area contributed by atoms with Crippen LogP contribution >= 0.6 is 0 Å². The number of amides is 2. The van der Waals surface area contributed by atoms with E-state index in [-0.39, 0.29) is 37.0 Å². The minimum atomic E-state index is -0.272. The molecule has 0 aliphatic carbocycles. The first-order valence-electron chi connectivity index (χ1n) is 10.5. The lowest BCUT2D eigenvalue weighted by atomic mass is 10.0. The van der Waals surface area contributed by atoms with Gasteiger partial charge in [0.15, 0.2) is 13.1 Å². The standard InChI is InChI=1S/C23H30N4O3/c1-5-26(14-22(28)24-16(2)3)15-23(29)27-20(21-7-6-12-30-21)13-19(25-27)18-10-8-17(4)9-11-18/h6-12,16,20H,5,13-15H2,1-4H3,(H,24,28)/p+1/t20-/m1/s1. The van der Waals surface area contributed by atoms with Gasteiger partial charge in [-0.25, -0.2) is 5.01 Å². The third-order valence-corrected chi connectivity index (χ3v) is 5.18. The highest BCUT2D eigenvalue weighted by Gasteiger charge is 2.36. The summed E-state index contributed by atoms with van der Waals surface area (Å²) in [7, 11) is 0. The van der Waals surface area contributed by atoms with Crippen LogP contribution in [0.15, 0.2) is 52.2 Å². The van der Waals surface area contributed by atoms with Gasteiger partial charge in [-0.15, -0.1) is 0 Å². The Labute approximate surface area is 177 Å². The van der Waals surface area contributed by atoms with Gasteiger partial charge >= 0.3 is 0 Å². The van der Waals surface area contributed by atoms with Gasteiger partial charge in [0.2, 0.25) is 0 Å². The number of likely N-dealkylation sites (N-methyl/N-ethyl adjacent to an activating group) is 1. The molecule has 1 aromatic carbocycles. The van der Waals surface area contributed by atoms with Crippen LogP contribution in [0.2, 0.25) is 0 Å². The largest absolute Gasteiger partial charge is 0.467 e. The molecule has 1 aromatic heterocycles. The summed E-state index contributed by atoms with van der Waals surface area (Å²) in [6.45, 7) is 8.99. The quantitative estimate of drug-likeness (QED) is 0.694. The number of carbonyl (C=O) groups excluding carboxylic acids is 2. The van der Waals surface area contributed by atoms with Crippen LogP contribution in [-0.2, 0) is 9.59 Å². The summed E-state index contributed by atoms with van der Waals surface area (Å²) in [4.78, 5) is 26.2. The minimum Gasteiger partial charge on any atom is -0.467 e. The highest BCUT2D eigenvalue weighted by atomic mass is 16.3. The Hall–Kier alpha value is -2.93. The van der Waals surface area contributed by atoms with Gasteiger partial charge in [-0.3, -0.25) is 9.59 Å². The Morgan fingerprint density at radius 2 is 1.97 bits per heavy atom. The van der Waals surface area contributed by atoms with Gasteiger partial charge in [-0.05, 0) is 45.4 Å². The molecule has 2 atom stereocenters. The molecule has 0 saturated heterocycles. The van der Waals surface area contributed by atoms with Crippen molar-refractivity contribution < 1.29 is 18.9 Å². The lowest BCUT2D eigenvalue weighted by Gasteiger charge is -2.23. The van der Waals surface area contributed by atoms with Crippen LogP contribution in [0, 0.1) is 6.92 Å². The number of carbonyl (C=O) groups is 2. The topological polar surface area (TPSA) is 79.4 Å². The molecule has 0 saturated carbocycles. The second kappa shape index (κ2) is 9.71. The fraction of sp³-hybridized carbons (Fsp3) is 0.435. The van der Waals surface area contributed by atoms with Gasteiger partial charge in [0.1, 0.15) is 11.8 Å². The van der Waals surface area contributed by atoms with E-state index in [4.69, 9.17) is 4.42 Å². The van der Waals surface area contributed by atoms with Crippen molar-refractivity contribution in [1.29, 1.82) is 0 Å². The third kappa shape index (κ3) is 5.36. The molecule has 1 aliphatic rings. The monoisotopic (exact) mass is 411 g/mol. The molecule has 0 spiro atoms. The van der Waals surface area contributed by atoms with E-state index in [9.17, 15) is 9.59 Å². The van der Waals surface area contributed by atoms with Gasteiger partial charge < -0.3 is 14.6 Å². The molecule has 3 rings (SSSR count). The molecule has 2 heterocycles. The normalized spacial score (nSPS) is 17.2. The van der Waals surface area contributed by atoms with Crippen molar-refractivity contribution in [2.75, 3.05) is 19.6 Å². The first kappa shape index (κ1) is 21.8. The van der Waals surface area contributed by atoms with Crippen molar-refractivity contribution in [2.24, 2.45) is 5.10 Å². The number of nitrogens with zero attached hydrogens (tertiary/aromatic N) is 2. The van der Waals surface area contributed by atoms with E-state index in [0.29, 0.717) is 18.7 Å². The zero-order valence-corrected chi connectivity index (χ0v) is 18.1. The molecular formula is C23H31N4O3+. The summed E-state index contributed by atoms with van der Waals surface area (Å²) in [5.41, 5.74) is 3.04. The van der Waals surface area contributed by atoms with Gasteiger partial charge in [0.25, 0.3) is 11.8 Å². The minimum absolute atomic E-state index is 0.0532. The van der Waals surface area contributed by atoms with Crippen molar-refractivity contribution in [3.05, 3.63) is 59.5 Å². The van der Waals surface area contributed by atoms with E-state index in [0.717, 1.165) is 16.2 Å². The smallest absolute Gasteiger partial charge is 0.298 e. The number of quaternary nitrogens is 1. The molecule has 0 fully saturated rings. The van der Waals surface area contributed by atoms with E-state index in [1.165, 1.54) is 10.6 Å². The van der Waals surface area contributed by atoms with Gasteiger partial charge in [0, 0.05) is 12.5 Å². The fourth-order valence-corrected chi connectivity index (χ4v) is 3.57. The predicted octanol–water partition coefficient (Wildman–Crippen LogP) is 1.70. The number of hydrazone groups is 1. The van der Waals surface area contributed by atoms with Crippen LogP contribution in [0.5, 0.6) is 0 Å². The molecule has 30 heavy (non-hydrogen) atoms. The zero-order valence-electron chi connectivity index (χ0n) is 18.1. The molecule has 2 amide bonds. The molecule has 1 unspecified atom stereocenters. The summed E-state index contributed by atoms with van der Waals surface area (Å²) in [6.07, 6.45) is 2.21. The van der Waals surface area contributed by atoms with E-state index >= 15 is 0 Å². The zero-order chi connectivity index (χ0) is 21.7. The Bertz CT molecular complexity index is 888. The molecule has 0 radical (unpaired) electrons. The maximum atomic E-state index is 13.2. The first-order chi connectivity index (χ1) is 14.4. The second-order valence-corrected chi connectivity index (χ2v) is 8.07. The molecule has 0 bridgehead atoms. The fourth-order valence-electron chi connectivity index (χ4n) is 3.57. The second-order valence-electron chi connectivity index (χ2n) is 8.07. The average Bonchev–Trinajstić information content (AvgIpc) is 3.37. The lowest BCUT2D eigenvalue weighted by molar-refractivity contribution is -0.882. The summed E-state index contributed by atoms with van der Waals surface area (Å²) < 4.78 is 5.60. The number of furan rings is 1. The lowest BCUT2D eigenvalue weighted by Crippen LogP contribution is -3.14. The number of aryl methyl sites for hydroxylation is 1. The van der Waals surface area contributed by atoms with E-state index in [1.807, 2.05) is 64.1 Å². The average molecular weight is 412 g/mol. The van der Waals surface area contributed by atoms with Crippen LogP contribution < -0.4 is 10.2 Å². The number of hydrogen-bond donors (Lipinski definition) is 2. The third-order valence-electron chi connectivity index (χ3n) is 5.18. The van der Waals surface area contributed by atoms with Crippen molar-refractivity contribution in [2.45, 2.75) is 46.2 Å². The Morgan fingerprint density at radius 3 is 2.57 bits per heavy atom. The van der Waals surface area contributed by atoms with Gasteiger partial charge in [0.05, 0.1) is 18.5 Å². The van der Waals surface area contributed by atoms with Gasteiger partial charge in [-0.1, -0.05) is 29.8 Å². The Morgan fingerprint density at radius 1 is 1.23 bits per heavy atom. The molecule has 1 aliphatic heterocycles. The maximum Gasteiger partial charge on any atom is 0.298 e. The number of nitrogens with one attached hydrogen (secondary N) is 2. The summed E-state index contributed by atoms with van der Waals surface area (Å²) in [5.74, 6) is 0.542. The van der Waals surface area contributed by atoms with Crippen LogP contribution in [0.25, 0.3) is 0 Å². The van der Waals surface area contributed by atoms with Crippen LogP contribution in [-0.4, -0.2) is 48.2 Å². The van der Waals surface area contributed by atoms with E-state index in [1.54, 1.807) is 6.26 Å². The molecule has 7 heteroatoms. The molecule has 7 nitrogen and oxygen atoms in total. The summed E-state index contributed by atoms with van der Waals surface area (Å²) in [6, 6.07) is 11.6. The van der Waals surface area contributed by atoms with Crippen molar-refractivity contribution in [3.63, 3.8) is 0 Å². The maximum absolute atomic E-state index is 13.2. The number of rotatable bonds is 8. The highest BCUT2D eigenvalue weighted by molar-refractivity contribution is 6.03. The predicted molar refractivity (Wildman–Crippen MR) is 115 cm³/mol. The van der Waals surface area contributed by atoms with E-state index in [2.05, 4.69) is 10.4 Å². The van der Waals surface area contributed by atoms with Crippen molar-refractivity contribution in [1.82, 2.24) is 10.3 Å². The van der Waals surface area contributed by atoms with E-state index < -0.39 is 0 Å². The number of hydrogen-bond acceptors (Lipinski definition) is 4. The molecule has 160 valence electrons. The van der Waals surface area contributed by atoms with Crippen LogP contribution in [0.3, 0.4) is 0 Å². The SMILES string of the molecule is CC[NH+](CC(=O)NC(C)C)CC(=O)N1N=C(c2ccc(C)cc2)C[C@@H]1c1ccco1. The Kier molecular flexibility index (Phi) is 7.05.